The lowest BCUT2D eigenvalue weighted by atomic mass is 10.1. The first-order valence-corrected chi connectivity index (χ1v) is 9.51. The van der Waals surface area contributed by atoms with Gasteiger partial charge in [-0.2, -0.15) is 0 Å². The van der Waals surface area contributed by atoms with Crippen molar-refractivity contribution in [2.75, 3.05) is 25.6 Å². The fraction of sp³-hybridized carbons (Fsp3) is 0.476. The first-order valence-electron chi connectivity index (χ1n) is 9.51. The zero-order chi connectivity index (χ0) is 20.3. The van der Waals surface area contributed by atoms with Gasteiger partial charge in [-0.15, -0.1) is 0 Å². The van der Waals surface area contributed by atoms with Crippen LogP contribution < -0.4 is 5.32 Å². The Hall–Kier alpha value is -2.67. The van der Waals surface area contributed by atoms with Crippen molar-refractivity contribution < 1.29 is 19.1 Å². The average Bonchev–Trinajstić information content (AvgIpc) is 3.43. The molecule has 0 amide bonds. The molecule has 0 bridgehead atoms. The predicted octanol–water partition coefficient (Wildman–Crippen LogP) is 3.32. The molecule has 1 saturated carbocycles. The van der Waals surface area contributed by atoms with Crippen molar-refractivity contribution in [3.8, 4) is 0 Å². The fourth-order valence-electron chi connectivity index (χ4n) is 3.38. The monoisotopic (exact) mass is 385 g/mol. The highest BCUT2D eigenvalue weighted by Crippen LogP contribution is 2.24. The Morgan fingerprint density at radius 1 is 1.32 bits per heavy atom. The number of hydrogen-bond donors (Lipinski definition) is 1. The molecule has 0 saturated heterocycles. The minimum Gasteiger partial charge on any atom is -0.454 e. The van der Waals surface area contributed by atoms with Crippen molar-refractivity contribution in [3.63, 3.8) is 0 Å². The summed E-state index contributed by atoms with van der Waals surface area (Å²) in [4.78, 5) is 29.0. The first kappa shape index (κ1) is 20.1. The van der Waals surface area contributed by atoms with Crippen LogP contribution in [0.3, 0.4) is 0 Å². The normalized spacial score (nSPS) is 14.6. The van der Waals surface area contributed by atoms with Crippen LogP contribution in [0.1, 0.15) is 57.9 Å². The molecule has 3 rings (SSSR count). The van der Waals surface area contributed by atoms with E-state index >= 15 is 0 Å². The molecule has 1 fully saturated rings. The number of esters is 1. The number of ketones is 1. The number of ether oxygens (including phenoxy) is 2. The Bertz CT molecular complexity index is 853. The van der Waals surface area contributed by atoms with Crippen LogP contribution in [-0.2, 0) is 9.47 Å². The van der Waals surface area contributed by atoms with Crippen molar-refractivity contribution in [1.82, 2.24) is 9.55 Å². The van der Waals surface area contributed by atoms with Gasteiger partial charge in [0.2, 0.25) is 5.78 Å². The summed E-state index contributed by atoms with van der Waals surface area (Å²) in [7, 11) is 1.65. The zero-order valence-electron chi connectivity index (χ0n) is 16.8. The molecular formula is C21H27N3O4. The summed E-state index contributed by atoms with van der Waals surface area (Å²) in [5.41, 5.74) is 2.71. The van der Waals surface area contributed by atoms with E-state index in [-0.39, 0.29) is 18.4 Å². The van der Waals surface area contributed by atoms with Crippen LogP contribution in [0.15, 0.2) is 24.4 Å². The molecule has 0 aromatic carbocycles. The van der Waals surface area contributed by atoms with Gasteiger partial charge in [0.25, 0.3) is 0 Å². The summed E-state index contributed by atoms with van der Waals surface area (Å²) in [5.74, 6) is -0.0366. The number of methoxy groups -OCH3 is 1. The molecule has 2 aromatic heterocycles. The van der Waals surface area contributed by atoms with Crippen molar-refractivity contribution in [2.24, 2.45) is 0 Å². The van der Waals surface area contributed by atoms with Crippen LogP contribution >= 0.6 is 0 Å². The van der Waals surface area contributed by atoms with Crippen LogP contribution in [-0.4, -0.2) is 47.7 Å². The lowest BCUT2D eigenvalue weighted by Gasteiger charge is -2.17. The lowest BCUT2D eigenvalue weighted by Crippen LogP contribution is -2.17. The number of carbonyl (C=O) groups excluding carboxylic acids is 2. The number of aromatic nitrogens is 2. The third kappa shape index (κ3) is 4.59. The molecule has 1 aliphatic carbocycles. The molecule has 2 aromatic rings. The summed E-state index contributed by atoms with van der Waals surface area (Å²) in [5, 5.41) is 3.26. The molecule has 0 aliphatic heterocycles. The molecule has 7 heteroatoms. The van der Waals surface area contributed by atoms with E-state index in [2.05, 4.69) is 14.9 Å². The van der Waals surface area contributed by atoms with Gasteiger partial charge in [-0.25, -0.2) is 9.78 Å². The van der Waals surface area contributed by atoms with Gasteiger partial charge < -0.3 is 19.4 Å². The SMILES string of the molecule is COCC(C)n1c(C)cc(C(=O)COC(=O)c2ccc(NC3CC3)nc2)c1C. The van der Waals surface area contributed by atoms with Crippen LogP contribution in [0.2, 0.25) is 0 Å². The first-order chi connectivity index (χ1) is 13.4. The van der Waals surface area contributed by atoms with E-state index in [1.807, 2.05) is 26.8 Å². The Morgan fingerprint density at radius 3 is 2.68 bits per heavy atom. The fourth-order valence-corrected chi connectivity index (χ4v) is 3.38. The number of nitrogens with one attached hydrogen (secondary N) is 1. The second-order valence-corrected chi connectivity index (χ2v) is 7.31. The molecule has 150 valence electrons. The Labute approximate surface area is 165 Å². The van der Waals surface area contributed by atoms with Crippen molar-refractivity contribution in [1.29, 1.82) is 0 Å². The third-order valence-corrected chi connectivity index (χ3v) is 4.90. The second kappa shape index (κ2) is 8.56. The molecule has 1 N–H and O–H groups in total. The number of rotatable bonds is 9. The number of pyridine rings is 1. The Balaban J connectivity index is 1.60. The molecule has 1 unspecified atom stereocenters. The summed E-state index contributed by atoms with van der Waals surface area (Å²) in [6.45, 7) is 6.13. The molecule has 0 spiro atoms. The van der Waals surface area contributed by atoms with E-state index < -0.39 is 5.97 Å². The highest BCUT2D eigenvalue weighted by Gasteiger charge is 2.22. The maximum absolute atomic E-state index is 12.6. The van der Waals surface area contributed by atoms with E-state index in [1.165, 1.54) is 6.20 Å². The number of Topliss-reactive ketones (excluding diaryl/α,β-unsaturated/α-hetero) is 1. The molecule has 7 nitrogen and oxygen atoms in total. The van der Waals surface area contributed by atoms with Gasteiger partial charge in [0.05, 0.1) is 18.2 Å². The summed E-state index contributed by atoms with van der Waals surface area (Å²) >= 11 is 0. The molecule has 2 heterocycles. The minimum absolute atomic E-state index is 0.114. The maximum atomic E-state index is 12.6. The average molecular weight is 385 g/mol. The zero-order valence-corrected chi connectivity index (χ0v) is 16.8. The molecule has 28 heavy (non-hydrogen) atoms. The van der Waals surface area contributed by atoms with E-state index in [4.69, 9.17) is 9.47 Å². The van der Waals surface area contributed by atoms with Crippen LogP contribution in [0.5, 0.6) is 0 Å². The van der Waals surface area contributed by atoms with Gasteiger partial charge in [-0.1, -0.05) is 0 Å². The van der Waals surface area contributed by atoms with Gasteiger partial charge >= 0.3 is 5.97 Å². The smallest absolute Gasteiger partial charge is 0.340 e. The van der Waals surface area contributed by atoms with Crippen molar-refractivity contribution in [3.05, 3.63) is 46.9 Å². The topological polar surface area (TPSA) is 82.5 Å². The highest BCUT2D eigenvalue weighted by atomic mass is 16.5. The van der Waals surface area contributed by atoms with E-state index in [1.54, 1.807) is 19.2 Å². The summed E-state index contributed by atoms with van der Waals surface area (Å²) in [6.07, 6.45) is 3.77. The predicted molar refractivity (Wildman–Crippen MR) is 106 cm³/mol. The lowest BCUT2D eigenvalue weighted by molar-refractivity contribution is 0.0474. The quantitative estimate of drug-likeness (QED) is 0.527. The van der Waals surface area contributed by atoms with Crippen LogP contribution in [0.25, 0.3) is 0 Å². The van der Waals surface area contributed by atoms with Gasteiger partial charge in [-0.05, 0) is 51.8 Å². The van der Waals surface area contributed by atoms with Crippen LogP contribution in [0, 0.1) is 13.8 Å². The summed E-state index contributed by atoms with van der Waals surface area (Å²) < 4.78 is 12.5. The maximum Gasteiger partial charge on any atom is 0.340 e. The number of anilines is 1. The Kier molecular flexibility index (Phi) is 6.14. The largest absolute Gasteiger partial charge is 0.454 e. The molecule has 1 aliphatic rings. The minimum atomic E-state index is -0.555. The standard InChI is InChI=1S/C21H27N3O4/c1-13-9-18(15(3)24(13)14(2)11-27-4)19(25)12-28-21(26)16-5-8-20(22-10-16)23-17-6-7-17/h5,8-10,14,17H,6-7,11-12H2,1-4H3,(H,22,23). The van der Waals surface area contributed by atoms with Gasteiger partial charge in [0.15, 0.2) is 6.61 Å². The molecular weight excluding hydrogens is 358 g/mol. The summed E-state index contributed by atoms with van der Waals surface area (Å²) in [6, 6.07) is 5.85. The highest BCUT2D eigenvalue weighted by molar-refractivity contribution is 6.00. The molecule has 0 radical (unpaired) electrons. The van der Waals surface area contributed by atoms with Gasteiger partial charge in [-0.3, -0.25) is 4.79 Å². The van der Waals surface area contributed by atoms with Gasteiger partial charge in [0.1, 0.15) is 5.82 Å². The second-order valence-electron chi connectivity index (χ2n) is 7.31. The van der Waals surface area contributed by atoms with E-state index in [9.17, 15) is 9.59 Å². The number of aryl methyl sites for hydroxylation is 1. The number of nitrogens with zero attached hydrogens (tertiary/aromatic N) is 2. The van der Waals surface area contributed by atoms with Crippen LogP contribution in [0.4, 0.5) is 5.82 Å². The number of hydrogen-bond acceptors (Lipinski definition) is 6. The van der Waals surface area contributed by atoms with Gasteiger partial charge in [0, 0.05) is 36.3 Å². The van der Waals surface area contributed by atoms with Crippen molar-refractivity contribution in [2.45, 2.75) is 45.7 Å². The van der Waals surface area contributed by atoms with E-state index in [0.29, 0.717) is 23.8 Å². The Morgan fingerprint density at radius 2 is 2.07 bits per heavy atom. The molecule has 1 atom stereocenters. The van der Waals surface area contributed by atoms with E-state index in [0.717, 1.165) is 30.0 Å². The number of carbonyl (C=O) groups is 2. The van der Waals surface area contributed by atoms with Crippen molar-refractivity contribution >= 4 is 17.6 Å². The third-order valence-electron chi connectivity index (χ3n) is 4.90.